The fraction of sp³-hybridized carbons (Fsp3) is 0.571. The van der Waals surface area contributed by atoms with Gasteiger partial charge in [-0.2, -0.15) is 0 Å². The first-order chi connectivity index (χ1) is 7.77. The smallest absolute Gasteiger partial charge is 0.0292 e. The minimum atomic E-state index is 0.454. The summed E-state index contributed by atoms with van der Waals surface area (Å²) in [6.07, 6.45) is 2.69. The molecule has 1 aliphatic rings. The van der Waals surface area contributed by atoms with E-state index in [1.54, 1.807) is 0 Å². The van der Waals surface area contributed by atoms with Gasteiger partial charge in [0.2, 0.25) is 0 Å². The molecule has 1 heterocycles. The zero-order valence-electron chi connectivity index (χ0n) is 10.3. The Labute approximate surface area is 98.7 Å². The number of nitrogens with one attached hydrogen (secondary N) is 1. The van der Waals surface area contributed by atoms with Crippen LogP contribution in [0, 0.1) is 0 Å². The van der Waals surface area contributed by atoms with Crippen LogP contribution in [-0.4, -0.2) is 31.1 Å². The number of likely N-dealkylation sites (tertiary alicyclic amines) is 1. The third-order valence-electron chi connectivity index (χ3n) is 3.63. The fourth-order valence-electron chi connectivity index (χ4n) is 2.41. The van der Waals surface area contributed by atoms with Gasteiger partial charge >= 0.3 is 0 Å². The Morgan fingerprint density at radius 3 is 2.75 bits per heavy atom. The van der Waals surface area contributed by atoms with Crippen LogP contribution < -0.4 is 5.32 Å². The molecule has 2 nitrogen and oxygen atoms in total. The number of benzene rings is 1. The predicted molar refractivity (Wildman–Crippen MR) is 68.5 cm³/mol. The third kappa shape index (κ3) is 2.83. The van der Waals surface area contributed by atoms with Crippen LogP contribution in [0.3, 0.4) is 0 Å². The Morgan fingerprint density at radius 1 is 1.38 bits per heavy atom. The van der Waals surface area contributed by atoms with Crippen LogP contribution in [0.1, 0.15) is 31.4 Å². The van der Waals surface area contributed by atoms with Crippen molar-refractivity contribution >= 4 is 0 Å². The SMILES string of the molecule is CC(NCC1CCCN1C)c1ccccc1. The van der Waals surface area contributed by atoms with Gasteiger partial charge in [-0.3, -0.25) is 0 Å². The summed E-state index contributed by atoms with van der Waals surface area (Å²) in [5, 5.41) is 3.63. The molecule has 2 rings (SSSR count). The van der Waals surface area contributed by atoms with Crippen molar-refractivity contribution in [1.82, 2.24) is 10.2 Å². The van der Waals surface area contributed by atoms with E-state index in [2.05, 4.69) is 54.5 Å². The molecule has 88 valence electrons. The molecule has 1 N–H and O–H groups in total. The van der Waals surface area contributed by atoms with E-state index in [0.29, 0.717) is 6.04 Å². The summed E-state index contributed by atoms with van der Waals surface area (Å²) >= 11 is 0. The average Bonchev–Trinajstić information content (AvgIpc) is 2.73. The Hall–Kier alpha value is -0.860. The molecule has 1 saturated heterocycles. The first-order valence-electron chi connectivity index (χ1n) is 6.26. The summed E-state index contributed by atoms with van der Waals surface area (Å²) in [5.41, 5.74) is 1.38. The molecule has 0 radical (unpaired) electrons. The van der Waals surface area contributed by atoms with Crippen LogP contribution in [0.15, 0.2) is 30.3 Å². The van der Waals surface area contributed by atoms with Gasteiger partial charge in [-0.25, -0.2) is 0 Å². The summed E-state index contributed by atoms with van der Waals surface area (Å²) in [6.45, 7) is 4.60. The molecule has 0 aliphatic carbocycles. The zero-order chi connectivity index (χ0) is 11.4. The van der Waals surface area contributed by atoms with Crippen LogP contribution in [0.2, 0.25) is 0 Å². The minimum absolute atomic E-state index is 0.454. The molecule has 16 heavy (non-hydrogen) atoms. The van der Waals surface area contributed by atoms with Crippen molar-refractivity contribution in [1.29, 1.82) is 0 Å². The van der Waals surface area contributed by atoms with Crippen LogP contribution in [0.25, 0.3) is 0 Å². The Kier molecular flexibility index (Phi) is 3.97. The number of likely N-dealkylation sites (N-methyl/N-ethyl adjacent to an activating group) is 1. The molecule has 0 bridgehead atoms. The van der Waals surface area contributed by atoms with Gasteiger partial charge in [-0.05, 0) is 38.9 Å². The quantitative estimate of drug-likeness (QED) is 0.835. The van der Waals surface area contributed by atoms with Crippen molar-refractivity contribution < 1.29 is 0 Å². The third-order valence-corrected chi connectivity index (χ3v) is 3.63. The van der Waals surface area contributed by atoms with Crippen molar-refractivity contribution in [3.63, 3.8) is 0 Å². The van der Waals surface area contributed by atoms with Gasteiger partial charge in [0.25, 0.3) is 0 Å². The van der Waals surface area contributed by atoms with Crippen molar-refractivity contribution in [3.8, 4) is 0 Å². The number of hydrogen-bond donors (Lipinski definition) is 1. The van der Waals surface area contributed by atoms with Gasteiger partial charge in [0, 0.05) is 18.6 Å². The molecule has 2 atom stereocenters. The summed E-state index contributed by atoms with van der Waals surface area (Å²) in [5.74, 6) is 0. The molecule has 1 aliphatic heterocycles. The molecule has 2 heteroatoms. The normalized spacial score (nSPS) is 23.5. The molecule has 0 aromatic heterocycles. The second kappa shape index (κ2) is 5.46. The van der Waals surface area contributed by atoms with E-state index < -0.39 is 0 Å². The van der Waals surface area contributed by atoms with Crippen LogP contribution >= 0.6 is 0 Å². The highest BCUT2D eigenvalue weighted by Crippen LogP contribution is 2.16. The lowest BCUT2D eigenvalue weighted by molar-refractivity contribution is 0.293. The van der Waals surface area contributed by atoms with Crippen molar-refractivity contribution in [2.24, 2.45) is 0 Å². The lowest BCUT2D eigenvalue weighted by Crippen LogP contribution is -2.36. The molecule has 1 aromatic carbocycles. The van der Waals surface area contributed by atoms with E-state index in [-0.39, 0.29) is 0 Å². The van der Waals surface area contributed by atoms with E-state index in [9.17, 15) is 0 Å². The molecule has 2 unspecified atom stereocenters. The Balaban J connectivity index is 1.82. The first kappa shape index (κ1) is 11.6. The van der Waals surface area contributed by atoms with E-state index in [1.807, 2.05) is 0 Å². The fourth-order valence-corrected chi connectivity index (χ4v) is 2.41. The van der Waals surface area contributed by atoms with Crippen LogP contribution in [-0.2, 0) is 0 Å². The predicted octanol–water partition coefficient (Wildman–Crippen LogP) is 2.43. The maximum atomic E-state index is 3.63. The summed E-state index contributed by atoms with van der Waals surface area (Å²) in [7, 11) is 2.23. The molecule has 1 fully saturated rings. The highest BCUT2D eigenvalue weighted by atomic mass is 15.2. The minimum Gasteiger partial charge on any atom is -0.309 e. The van der Waals surface area contributed by atoms with Crippen molar-refractivity contribution in [2.45, 2.75) is 31.8 Å². The highest BCUT2D eigenvalue weighted by molar-refractivity contribution is 5.18. The zero-order valence-corrected chi connectivity index (χ0v) is 10.3. The second-order valence-electron chi connectivity index (χ2n) is 4.82. The average molecular weight is 218 g/mol. The van der Waals surface area contributed by atoms with E-state index in [4.69, 9.17) is 0 Å². The molecule has 0 saturated carbocycles. The first-order valence-corrected chi connectivity index (χ1v) is 6.26. The largest absolute Gasteiger partial charge is 0.309 e. The molecule has 0 spiro atoms. The topological polar surface area (TPSA) is 15.3 Å². The second-order valence-corrected chi connectivity index (χ2v) is 4.82. The van der Waals surface area contributed by atoms with E-state index in [0.717, 1.165) is 12.6 Å². The summed E-state index contributed by atoms with van der Waals surface area (Å²) in [6, 6.07) is 11.8. The van der Waals surface area contributed by atoms with Crippen molar-refractivity contribution in [2.75, 3.05) is 20.1 Å². The lowest BCUT2D eigenvalue weighted by Gasteiger charge is -2.22. The summed E-state index contributed by atoms with van der Waals surface area (Å²) in [4.78, 5) is 2.46. The highest BCUT2D eigenvalue weighted by Gasteiger charge is 2.20. The van der Waals surface area contributed by atoms with E-state index >= 15 is 0 Å². The van der Waals surface area contributed by atoms with Crippen molar-refractivity contribution in [3.05, 3.63) is 35.9 Å². The van der Waals surface area contributed by atoms with E-state index in [1.165, 1.54) is 24.9 Å². The molecule has 0 amide bonds. The molecular formula is C14H22N2. The number of rotatable bonds is 4. The lowest BCUT2D eigenvalue weighted by atomic mass is 10.1. The number of hydrogen-bond acceptors (Lipinski definition) is 2. The van der Waals surface area contributed by atoms with Gasteiger partial charge in [-0.1, -0.05) is 30.3 Å². The standard InChI is InChI=1S/C14H22N2/c1-12(13-7-4-3-5-8-13)15-11-14-9-6-10-16(14)2/h3-5,7-8,12,14-15H,6,9-11H2,1-2H3. The van der Waals surface area contributed by atoms with Crippen LogP contribution in [0.5, 0.6) is 0 Å². The molecule has 1 aromatic rings. The van der Waals surface area contributed by atoms with Gasteiger partial charge in [-0.15, -0.1) is 0 Å². The maximum Gasteiger partial charge on any atom is 0.0292 e. The number of nitrogens with zero attached hydrogens (tertiary/aromatic N) is 1. The van der Waals surface area contributed by atoms with Gasteiger partial charge < -0.3 is 10.2 Å². The van der Waals surface area contributed by atoms with Gasteiger partial charge in [0.1, 0.15) is 0 Å². The monoisotopic (exact) mass is 218 g/mol. The Bertz CT molecular complexity index is 310. The Morgan fingerprint density at radius 2 is 2.12 bits per heavy atom. The summed E-state index contributed by atoms with van der Waals surface area (Å²) < 4.78 is 0. The van der Waals surface area contributed by atoms with Crippen LogP contribution in [0.4, 0.5) is 0 Å². The maximum absolute atomic E-state index is 3.63. The van der Waals surface area contributed by atoms with Gasteiger partial charge in [0.05, 0.1) is 0 Å². The van der Waals surface area contributed by atoms with Gasteiger partial charge in [0.15, 0.2) is 0 Å². The molecular weight excluding hydrogens is 196 g/mol.